The van der Waals surface area contributed by atoms with Crippen LogP contribution in [-0.2, 0) is 38.7 Å². The standard InChI is InChI=1S/C33H41N3O4/c37-31(22-12-1-2-13-23-32(38)36-40-26-29-19-10-5-11-20-29)35-30(25-28-17-8-4-9-18-28)33(39)34-24-14-21-27-15-6-3-7-16-27/h3-11,15-20,30H,1-2,12-14,21-26H2,(H,34,39)(H,35,37)(H,36,38)/t30-/m0/s1. The molecule has 0 fully saturated rings. The van der Waals surface area contributed by atoms with Crippen LogP contribution in [0, 0.1) is 0 Å². The van der Waals surface area contributed by atoms with Gasteiger partial charge in [-0.05, 0) is 42.4 Å². The van der Waals surface area contributed by atoms with Gasteiger partial charge in [0.25, 0.3) is 0 Å². The average molecular weight is 544 g/mol. The SMILES string of the molecule is O=C(CCCCCCC(=O)N[C@@H](Cc1ccccc1)C(=O)NCCCc1ccccc1)NOCc1ccccc1. The monoisotopic (exact) mass is 543 g/mol. The molecule has 0 unspecified atom stereocenters. The fourth-order valence-electron chi connectivity index (χ4n) is 4.35. The van der Waals surface area contributed by atoms with E-state index < -0.39 is 6.04 Å². The summed E-state index contributed by atoms with van der Waals surface area (Å²) in [4.78, 5) is 42.8. The fraction of sp³-hybridized carbons (Fsp3) is 0.364. The number of aryl methyl sites for hydroxylation is 1. The van der Waals surface area contributed by atoms with Crippen LogP contribution >= 0.6 is 0 Å². The van der Waals surface area contributed by atoms with Crippen molar-refractivity contribution in [2.24, 2.45) is 0 Å². The summed E-state index contributed by atoms with van der Waals surface area (Å²) in [6.07, 6.45) is 5.99. The van der Waals surface area contributed by atoms with Crippen molar-refractivity contribution in [1.29, 1.82) is 0 Å². The molecule has 0 saturated carbocycles. The van der Waals surface area contributed by atoms with E-state index in [0.29, 0.717) is 38.8 Å². The zero-order valence-electron chi connectivity index (χ0n) is 23.1. The molecular weight excluding hydrogens is 502 g/mol. The maximum absolute atomic E-state index is 13.0. The first-order valence-electron chi connectivity index (χ1n) is 14.2. The highest BCUT2D eigenvalue weighted by Crippen LogP contribution is 2.08. The molecule has 0 aliphatic rings. The van der Waals surface area contributed by atoms with Gasteiger partial charge in [0.1, 0.15) is 6.04 Å². The Kier molecular flexibility index (Phi) is 14.0. The maximum atomic E-state index is 13.0. The van der Waals surface area contributed by atoms with Crippen molar-refractivity contribution in [2.45, 2.75) is 70.4 Å². The van der Waals surface area contributed by atoms with Crippen molar-refractivity contribution < 1.29 is 19.2 Å². The molecule has 0 aliphatic heterocycles. The van der Waals surface area contributed by atoms with Crippen molar-refractivity contribution in [3.8, 4) is 0 Å². The van der Waals surface area contributed by atoms with Gasteiger partial charge in [0.2, 0.25) is 17.7 Å². The van der Waals surface area contributed by atoms with Crippen molar-refractivity contribution >= 4 is 17.7 Å². The molecule has 3 N–H and O–H groups in total. The second-order valence-corrected chi connectivity index (χ2v) is 9.90. The van der Waals surface area contributed by atoms with E-state index >= 15 is 0 Å². The minimum Gasteiger partial charge on any atom is -0.354 e. The molecule has 0 heterocycles. The predicted octanol–water partition coefficient (Wildman–Crippen LogP) is 5.05. The van der Waals surface area contributed by atoms with Gasteiger partial charge in [-0.3, -0.25) is 19.2 Å². The molecular formula is C33H41N3O4. The number of nitrogens with one attached hydrogen (secondary N) is 3. The number of amides is 3. The van der Waals surface area contributed by atoms with Crippen molar-refractivity contribution in [2.75, 3.05) is 6.54 Å². The van der Waals surface area contributed by atoms with Gasteiger partial charge in [0.15, 0.2) is 0 Å². The molecule has 3 amide bonds. The molecule has 212 valence electrons. The second kappa shape index (κ2) is 18.3. The lowest BCUT2D eigenvalue weighted by Gasteiger charge is -2.19. The van der Waals surface area contributed by atoms with E-state index in [0.717, 1.165) is 43.2 Å². The van der Waals surface area contributed by atoms with E-state index in [9.17, 15) is 14.4 Å². The zero-order valence-corrected chi connectivity index (χ0v) is 23.1. The molecule has 7 nitrogen and oxygen atoms in total. The molecule has 0 radical (unpaired) electrons. The van der Waals surface area contributed by atoms with Gasteiger partial charge in [0, 0.05) is 25.8 Å². The number of hydrogen-bond acceptors (Lipinski definition) is 4. The van der Waals surface area contributed by atoms with Crippen molar-refractivity contribution in [3.63, 3.8) is 0 Å². The minimum atomic E-state index is -0.619. The third-order valence-corrected chi connectivity index (χ3v) is 6.54. The fourth-order valence-corrected chi connectivity index (χ4v) is 4.35. The number of rotatable bonds is 18. The molecule has 0 bridgehead atoms. The van der Waals surface area contributed by atoms with Crippen molar-refractivity contribution in [1.82, 2.24) is 16.1 Å². The maximum Gasteiger partial charge on any atom is 0.243 e. The van der Waals surface area contributed by atoms with Crippen LogP contribution in [0.2, 0.25) is 0 Å². The second-order valence-electron chi connectivity index (χ2n) is 9.90. The first-order valence-corrected chi connectivity index (χ1v) is 14.2. The summed E-state index contributed by atoms with van der Waals surface area (Å²) in [5.41, 5.74) is 5.71. The van der Waals surface area contributed by atoms with E-state index in [1.165, 1.54) is 5.56 Å². The Labute approximate surface area is 237 Å². The van der Waals surface area contributed by atoms with Crippen LogP contribution in [0.1, 0.15) is 61.6 Å². The van der Waals surface area contributed by atoms with Crippen LogP contribution in [0.5, 0.6) is 0 Å². The first kappa shape index (κ1) is 30.6. The van der Waals surface area contributed by atoms with Crippen LogP contribution in [0.4, 0.5) is 0 Å². The van der Waals surface area contributed by atoms with E-state index in [1.807, 2.05) is 78.9 Å². The quantitative estimate of drug-likeness (QED) is 0.155. The smallest absolute Gasteiger partial charge is 0.243 e. The summed E-state index contributed by atoms with van der Waals surface area (Å²) in [6.45, 7) is 0.887. The van der Waals surface area contributed by atoms with Crippen LogP contribution in [-0.4, -0.2) is 30.3 Å². The average Bonchev–Trinajstić information content (AvgIpc) is 2.98. The molecule has 40 heavy (non-hydrogen) atoms. The summed E-state index contributed by atoms with van der Waals surface area (Å²) < 4.78 is 0. The predicted molar refractivity (Wildman–Crippen MR) is 157 cm³/mol. The number of carbonyl (C=O) groups is 3. The third-order valence-electron chi connectivity index (χ3n) is 6.54. The molecule has 3 rings (SSSR count). The van der Waals surface area contributed by atoms with Gasteiger partial charge >= 0.3 is 0 Å². The summed E-state index contributed by atoms with van der Waals surface area (Å²) in [5, 5.41) is 5.93. The molecule has 3 aromatic rings. The Bertz CT molecular complexity index is 1140. The van der Waals surface area contributed by atoms with E-state index in [4.69, 9.17) is 4.84 Å². The van der Waals surface area contributed by atoms with Gasteiger partial charge < -0.3 is 10.6 Å². The van der Waals surface area contributed by atoms with Crippen LogP contribution < -0.4 is 16.1 Å². The number of benzene rings is 3. The molecule has 7 heteroatoms. The Morgan fingerprint density at radius 2 is 1.18 bits per heavy atom. The van der Waals surface area contributed by atoms with E-state index in [-0.39, 0.29) is 17.7 Å². The Morgan fingerprint density at radius 3 is 1.80 bits per heavy atom. The summed E-state index contributed by atoms with van der Waals surface area (Å²) in [5.74, 6) is -0.439. The highest BCUT2D eigenvalue weighted by molar-refractivity contribution is 5.87. The summed E-state index contributed by atoms with van der Waals surface area (Å²) >= 11 is 0. The topological polar surface area (TPSA) is 96.5 Å². The van der Waals surface area contributed by atoms with Gasteiger partial charge in [-0.15, -0.1) is 0 Å². The third kappa shape index (κ3) is 12.7. The van der Waals surface area contributed by atoms with Gasteiger partial charge in [0.05, 0.1) is 6.61 Å². The molecule has 0 saturated heterocycles. The van der Waals surface area contributed by atoms with Gasteiger partial charge in [-0.2, -0.15) is 0 Å². The van der Waals surface area contributed by atoms with Crippen LogP contribution in [0.3, 0.4) is 0 Å². The lowest BCUT2D eigenvalue weighted by Crippen LogP contribution is -2.48. The lowest BCUT2D eigenvalue weighted by atomic mass is 10.0. The van der Waals surface area contributed by atoms with E-state index in [1.54, 1.807) is 0 Å². The Hall–Kier alpha value is -3.97. The lowest BCUT2D eigenvalue weighted by molar-refractivity contribution is -0.134. The summed E-state index contributed by atoms with van der Waals surface area (Å²) in [6, 6.07) is 28.9. The van der Waals surface area contributed by atoms with Gasteiger partial charge in [-0.1, -0.05) is 104 Å². The highest BCUT2D eigenvalue weighted by atomic mass is 16.6. The molecule has 3 aromatic carbocycles. The largest absolute Gasteiger partial charge is 0.354 e. The molecule has 0 spiro atoms. The minimum absolute atomic E-state index is 0.132. The van der Waals surface area contributed by atoms with Gasteiger partial charge in [-0.25, -0.2) is 5.48 Å². The molecule has 0 aliphatic carbocycles. The molecule has 0 aromatic heterocycles. The normalized spacial score (nSPS) is 11.4. The van der Waals surface area contributed by atoms with Crippen LogP contribution in [0.15, 0.2) is 91.0 Å². The Morgan fingerprint density at radius 1 is 0.625 bits per heavy atom. The first-order chi connectivity index (χ1) is 19.6. The highest BCUT2D eigenvalue weighted by Gasteiger charge is 2.20. The number of carbonyl (C=O) groups excluding carboxylic acids is 3. The van der Waals surface area contributed by atoms with Crippen LogP contribution in [0.25, 0.3) is 0 Å². The number of hydrogen-bond donors (Lipinski definition) is 3. The number of unbranched alkanes of at least 4 members (excludes halogenated alkanes) is 3. The summed E-state index contributed by atoms with van der Waals surface area (Å²) in [7, 11) is 0. The number of hydroxylamine groups is 1. The Balaban J connectivity index is 1.31. The van der Waals surface area contributed by atoms with Crippen molar-refractivity contribution in [3.05, 3.63) is 108 Å². The zero-order chi connectivity index (χ0) is 28.3. The van der Waals surface area contributed by atoms with E-state index in [2.05, 4.69) is 28.2 Å². The molecule has 1 atom stereocenters.